The van der Waals surface area contributed by atoms with Crippen molar-refractivity contribution in [1.29, 1.82) is 0 Å². The molecule has 2 rings (SSSR count). The number of hydrogen-bond acceptors (Lipinski definition) is 2. The van der Waals surface area contributed by atoms with E-state index in [1.54, 1.807) is 4.57 Å². The molecule has 0 radical (unpaired) electrons. The molecule has 1 aromatic carbocycles. The number of benzene rings is 1. The molecule has 0 atom stereocenters. The average molecular weight is 254 g/mol. The minimum atomic E-state index is -0.896. The zero-order chi connectivity index (χ0) is 13.3. The highest BCUT2D eigenvalue weighted by molar-refractivity contribution is 5.76. The first kappa shape index (κ1) is 13.0. The summed E-state index contributed by atoms with van der Waals surface area (Å²) in [5, 5.41) is 9.06. The Morgan fingerprint density at radius 2 is 1.94 bits per heavy atom. The van der Waals surface area contributed by atoms with Gasteiger partial charge in [0.25, 0.3) is 0 Å². The smallest absolute Gasteiger partial charge is 0.161 e. The monoisotopic (exact) mass is 254 g/mol. The number of halogens is 2. The quantitative estimate of drug-likeness (QED) is 0.910. The summed E-state index contributed by atoms with van der Waals surface area (Å²) in [6.45, 7) is 4.37. The number of aromatic nitrogens is 2. The van der Waals surface area contributed by atoms with Gasteiger partial charge in [-0.3, -0.25) is 0 Å². The van der Waals surface area contributed by atoms with Gasteiger partial charge in [-0.05, 0) is 5.92 Å². The van der Waals surface area contributed by atoms with E-state index >= 15 is 0 Å². The minimum Gasteiger partial charge on any atom is -0.395 e. The van der Waals surface area contributed by atoms with E-state index in [0.717, 1.165) is 18.0 Å². The van der Waals surface area contributed by atoms with E-state index in [-0.39, 0.29) is 6.61 Å². The number of aliphatic hydroxyl groups excluding tert-OH is 1. The van der Waals surface area contributed by atoms with Crippen molar-refractivity contribution >= 4 is 11.0 Å². The van der Waals surface area contributed by atoms with Crippen LogP contribution in [0.1, 0.15) is 19.7 Å². The lowest BCUT2D eigenvalue weighted by atomic mass is 10.1. The SMILES string of the molecule is CC(C)Cc1nc2cc(F)c(F)cc2n1CCO. The molecule has 0 unspecified atom stereocenters. The Morgan fingerprint density at radius 1 is 1.28 bits per heavy atom. The van der Waals surface area contributed by atoms with Crippen molar-refractivity contribution in [1.82, 2.24) is 9.55 Å². The van der Waals surface area contributed by atoms with Gasteiger partial charge in [0.15, 0.2) is 11.6 Å². The van der Waals surface area contributed by atoms with Crippen LogP contribution in [0.3, 0.4) is 0 Å². The van der Waals surface area contributed by atoms with E-state index in [9.17, 15) is 8.78 Å². The van der Waals surface area contributed by atoms with Gasteiger partial charge in [0, 0.05) is 25.1 Å². The molecule has 0 bridgehead atoms. The van der Waals surface area contributed by atoms with E-state index in [4.69, 9.17) is 5.11 Å². The zero-order valence-corrected chi connectivity index (χ0v) is 10.5. The number of nitrogens with zero attached hydrogens (tertiary/aromatic N) is 2. The first-order valence-electron chi connectivity index (χ1n) is 5.98. The first-order valence-corrected chi connectivity index (χ1v) is 5.98. The molecule has 0 fully saturated rings. The third-order valence-electron chi connectivity index (χ3n) is 2.78. The fraction of sp³-hybridized carbons (Fsp3) is 0.462. The van der Waals surface area contributed by atoms with Crippen molar-refractivity contribution in [2.75, 3.05) is 6.61 Å². The molecule has 0 amide bonds. The Morgan fingerprint density at radius 3 is 2.56 bits per heavy atom. The summed E-state index contributed by atoms with van der Waals surface area (Å²) in [6, 6.07) is 2.24. The van der Waals surface area contributed by atoms with E-state index in [2.05, 4.69) is 4.98 Å². The summed E-state index contributed by atoms with van der Waals surface area (Å²) in [6.07, 6.45) is 0.706. The van der Waals surface area contributed by atoms with Gasteiger partial charge in [0.1, 0.15) is 5.82 Å². The topological polar surface area (TPSA) is 38.0 Å². The highest BCUT2D eigenvalue weighted by Crippen LogP contribution is 2.21. The highest BCUT2D eigenvalue weighted by atomic mass is 19.2. The van der Waals surface area contributed by atoms with Gasteiger partial charge in [-0.1, -0.05) is 13.8 Å². The van der Waals surface area contributed by atoms with Crippen LogP contribution in [0.2, 0.25) is 0 Å². The second kappa shape index (κ2) is 5.02. The van der Waals surface area contributed by atoms with Crippen LogP contribution >= 0.6 is 0 Å². The standard InChI is InChI=1S/C13H16F2N2O/c1-8(2)5-13-16-11-6-9(14)10(15)7-12(11)17(13)3-4-18/h6-8,18H,3-5H2,1-2H3. The van der Waals surface area contributed by atoms with Gasteiger partial charge >= 0.3 is 0 Å². The number of aliphatic hydroxyl groups is 1. The van der Waals surface area contributed by atoms with Gasteiger partial charge in [-0.2, -0.15) is 0 Å². The third-order valence-corrected chi connectivity index (χ3v) is 2.78. The molecule has 2 aromatic rings. The van der Waals surface area contributed by atoms with Gasteiger partial charge in [0.05, 0.1) is 17.6 Å². The molecule has 1 N–H and O–H groups in total. The van der Waals surface area contributed by atoms with Gasteiger partial charge in [-0.25, -0.2) is 13.8 Å². The molecule has 0 saturated heterocycles. The molecular weight excluding hydrogens is 238 g/mol. The fourth-order valence-corrected chi connectivity index (χ4v) is 2.04. The summed E-state index contributed by atoms with van der Waals surface area (Å²) in [7, 11) is 0. The Hall–Kier alpha value is -1.49. The van der Waals surface area contributed by atoms with Crippen molar-refractivity contribution < 1.29 is 13.9 Å². The predicted octanol–water partition coefficient (Wildman–Crippen LogP) is 2.51. The largest absolute Gasteiger partial charge is 0.395 e. The minimum absolute atomic E-state index is 0.0600. The highest BCUT2D eigenvalue weighted by Gasteiger charge is 2.14. The van der Waals surface area contributed by atoms with Crippen molar-refractivity contribution in [3.8, 4) is 0 Å². The van der Waals surface area contributed by atoms with E-state index in [1.165, 1.54) is 0 Å². The Kier molecular flexibility index (Phi) is 3.61. The Balaban J connectivity index is 2.59. The van der Waals surface area contributed by atoms with E-state index < -0.39 is 11.6 Å². The number of rotatable bonds is 4. The lowest BCUT2D eigenvalue weighted by Crippen LogP contribution is -2.09. The summed E-state index contributed by atoms with van der Waals surface area (Å²) in [5.41, 5.74) is 0.955. The zero-order valence-electron chi connectivity index (χ0n) is 10.5. The van der Waals surface area contributed by atoms with Crippen LogP contribution < -0.4 is 0 Å². The number of hydrogen-bond donors (Lipinski definition) is 1. The predicted molar refractivity (Wildman–Crippen MR) is 65.3 cm³/mol. The van der Waals surface area contributed by atoms with E-state index in [0.29, 0.717) is 29.9 Å². The Labute approximate surface area is 104 Å². The maximum Gasteiger partial charge on any atom is 0.161 e. The molecule has 1 heterocycles. The summed E-state index contributed by atoms with van der Waals surface area (Å²) >= 11 is 0. The Bertz CT molecular complexity index is 564. The van der Waals surface area contributed by atoms with Crippen LogP contribution in [-0.2, 0) is 13.0 Å². The van der Waals surface area contributed by atoms with Crippen LogP contribution in [-0.4, -0.2) is 21.3 Å². The first-order chi connectivity index (χ1) is 8.52. The van der Waals surface area contributed by atoms with Gasteiger partial charge in [-0.15, -0.1) is 0 Å². The normalized spacial score (nSPS) is 11.7. The average Bonchev–Trinajstić information content (AvgIpc) is 2.58. The molecule has 98 valence electrons. The molecule has 1 aromatic heterocycles. The fourth-order valence-electron chi connectivity index (χ4n) is 2.04. The molecule has 0 spiro atoms. The van der Waals surface area contributed by atoms with Gasteiger partial charge < -0.3 is 9.67 Å². The van der Waals surface area contributed by atoms with Crippen molar-refractivity contribution in [3.05, 3.63) is 29.6 Å². The molecular formula is C13H16F2N2O. The molecule has 0 aliphatic rings. The second-order valence-electron chi connectivity index (χ2n) is 4.76. The second-order valence-corrected chi connectivity index (χ2v) is 4.76. The summed E-state index contributed by atoms with van der Waals surface area (Å²) in [4.78, 5) is 4.32. The maximum absolute atomic E-state index is 13.3. The molecule has 18 heavy (non-hydrogen) atoms. The maximum atomic E-state index is 13.3. The molecule has 3 nitrogen and oxygen atoms in total. The van der Waals surface area contributed by atoms with Crippen LogP contribution in [0.4, 0.5) is 8.78 Å². The lowest BCUT2D eigenvalue weighted by Gasteiger charge is -2.09. The van der Waals surface area contributed by atoms with Crippen LogP contribution in [0.25, 0.3) is 11.0 Å². The van der Waals surface area contributed by atoms with Crippen LogP contribution in [0.15, 0.2) is 12.1 Å². The molecule has 0 aliphatic heterocycles. The summed E-state index contributed by atoms with van der Waals surface area (Å²) < 4.78 is 28.2. The van der Waals surface area contributed by atoms with Gasteiger partial charge in [0.2, 0.25) is 0 Å². The molecule has 5 heteroatoms. The number of imidazole rings is 1. The van der Waals surface area contributed by atoms with Crippen LogP contribution in [0, 0.1) is 17.6 Å². The molecule has 0 aliphatic carbocycles. The van der Waals surface area contributed by atoms with Crippen molar-refractivity contribution in [3.63, 3.8) is 0 Å². The van der Waals surface area contributed by atoms with Crippen molar-refractivity contribution in [2.24, 2.45) is 5.92 Å². The number of fused-ring (bicyclic) bond motifs is 1. The molecule has 0 saturated carbocycles. The van der Waals surface area contributed by atoms with Crippen molar-refractivity contribution in [2.45, 2.75) is 26.8 Å². The summed E-state index contributed by atoms with van der Waals surface area (Å²) in [5.74, 6) is -0.655. The third kappa shape index (κ3) is 2.36. The van der Waals surface area contributed by atoms with E-state index in [1.807, 2.05) is 13.8 Å². The lowest BCUT2D eigenvalue weighted by molar-refractivity contribution is 0.275. The van der Waals surface area contributed by atoms with Crippen LogP contribution in [0.5, 0.6) is 0 Å².